The molecule has 1 saturated heterocycles. The highest BCUT2D eigenvalue weighted by Crippen LogP contribution is 2.32. The number of hydrogen-bond donors (Lipinski definition) is 0. The number of carbonyl (C=O) groups is 1. The van der Waals surface area contributed by atoms with Crippen molar-refractivity contribution in [3.05, 3.63) is 32.7 Å². The molecule has 1 aliphatic carbocycles. The van der Waals surface area contributed by atoms with Crippen LogP contribution in [0.4, 0.5) is 0 Å². The van der Waals surface area contributed by atoms with Crippen LogP contribution in [0.1, 0.15) is 29.6 Å². The topological polar surface area (TPSA) is 29.5 Å². The van der Waals surface area contributed by atoms with Crippen molar-refractivity contribution in [3.63, 3.8) is 0 Å². The first kappa shape index (κ1) is 14.5. The van der Waals surface area contributed by atoms with Gasteiger partial charge in [0.2, 0.25) is 0 Å². The van der Waals surface area contributed by atoms with Gasteiger partial charge in [-0.25, -0.2) is 0 Å². The molecule has 3 nitrogen and oxygen atoms in total. The van der Waals surface area contributed by atoms with Crippen molar-refractivity contribution in [1.82, 2.24) is 4.90 Å². The standard InChI is InChI=1S/C15H17Br2NO2/c16-11-1-4-13(14(17)7-11)15(19)18(12-2-3-12)8-10-5-6-20-9-10/h1,4,7,10,12H,2-3,5-6,8-9H2. The summed E-state index contributed by atoms with van der Waals surface area (Å²) in [5, 5.41) is 0. The van der Waals surface area contributed by atoms with Gasteiger partial charge in [0.15, 0.2) is 0 Å². The van der Waals surface area contributed by atoms with Crippen LogP contribution in [0.25, 0.3) is 0 Å². The molecule has 0 aromatic heterocycles. The van der Waals surface area contributed by atoms with Gasteiger partial charge in [-0.05, 0) is 53.4 Å². The molecule has 0 N–H and O–H groups in total. The molecule has 1 aliphatic heterocycles. The van der Waals surface area contributed by atoms with Gasteiger partial charge < -0.3 is 9.64 Å². The van der Waals surface area contributed by atoms with Gasteiger partial charge in [-0.1, -0.05) is 15.9 Å². The largest absolute Gasteiger partial charge is 0.381 e. The highest BCUT2D eigenvalue weighted by atomic mass is 79.9. The molecule has 0 spiro atoms. The number of rotatable bonds is 4. The minimum Gasteiger partial charge on any atom is -0.381 e. The number of carbonyl (C=O) groups excluding carboxylic acids is 1. The van der Waals surface area contributed by atoms with Gasteiger partial charge in [0.25, 0.3) is 5.91 Å². The average molecular weight is 403 g/mol. The number of amides is 1. The predicted octanol–water partition coefficient (Wildman–Crippen LogP) is 3.85. The Hall–Kier alpha value is -0.390. The Morgan fingerprint density at radius 1 is 1.30 bits per heavy atom. The molecule has 1 heterocycles. The van der Waals surface area contributed by atoms with E-state index in [0.29, 0.717) is 12.0 Å². The SMILES string of the molecule is O=C(c1ccc(Br)cc1Br)N(CC1CCOC1)C1CC1. The highest BCUT2D eigenvalue weighted by Gasteiger charge is 2.35. The van der Waals surface area contributed by atoms with Crippen LogP contribution in [-0.4, -0.2) is 36.6 Å². The molecule has 3 rings (SSSR count). The summed E-state index contributed by atoms with van der Waals surface area (Å²) in [6, 6.07) is 6.16. The third-order valence-corrected chi connectivity index (χ3v) is 5.04. The fourth-order valence-corrected chi connectivity index (χ4v) is 3.82. The van der Waals surface area contributed by atoms with E-state index in [4.69, 9.17) is 4.74 Å². The van der Waals surface area contributed by atoms with Gasteiger partial charge in [-0.3, -0.25) is 4.79 Å². The van der Waals surface area contributed by atoms with Gasteiger partial charge in [0.1, 0.15) is 0 Å². The van der Waals surface area contributed by atoms with Crippen LogP contribution in [-0.2, 0) is 4.74 Å². The lowest BCUT2D eigenvalue weighted by Crippen LogP contribution is -2.37. The van der Waals surface area contributed by atoms with Gasteiger partial charge in [-0.15, -0.1) is 0 Å². The van der Waals surface area contributed by atoms with Gasteiger partial charge in [0.05, 0.1) is 12.2 Å². The Kier molecular flexibility index (Phi) is 4.48. The maximum atomic E-state index is 12.8. The highest BCUT2D eigenvalue weighted by molar-refractivity contribution is 9.11. The Bertz CT molecular complexity index is 511. The lowest BCUT2D eigenvalue weighted by molar-refractivity contribution is 0.0705. The van der Waals surface area contributed by atoms with Gasteiger partial charge in [0, 0.05) is 34.1 Å². The molecule has 1 aromatic carbocycles. The van der Waals surface area contributed by atoms with E-state index in [9.17, 15) is 4.79 Å². The fraction of sp³-hybridized carbons (Fsp3) is 0.533. The van der Waals surface area contributed by atoms with Crippen LogP contribution in [0.15, 0.2) is 27.1 Å². The first-order valence-electron chi connectivity index (χ1n) is 6.99. The Labute approximate surface area is 135 Å². The normalized spacial score (nSPS) is 22.0. The Balaban J connectivity index is 1.77. The molecule has 2 fully saturated rings. The van der Waals surface area contributed by atoms with E-state index >= 15 is 0 Å². The third-order valence-electron chi connectivity index (χ3n) is 3.89. The van der Waals surface area contributed by atoms with E-state index in [2.05, 4.69) is 31.9 Å². The van der Waals surface area contributed by atoms with E-state index in [0.717, 1.165) is 53.5 Å². The molecule has 5 heteroatoms. The molecule has 20 heavy (non-hydrogen) atoms. The molecule has 1 unspecified atom stereocenters. The monoisotopic (exact) mass is 401 g/mol. The zero-order valence-corrected chi connectivity index (χ0v) is 14.3. The molecule has 1 aromatic rings. The molecule has 2 aliphatic rings. The lowest BCUT2D eigenvalue weighted by Gasteiger charge is -2.25. The van der Waals surface area contributed by atoms with Crippen LogP contribution in [0.5, 0.6) is 0 Å². The van der Waals surface area contributed by atoms with Crippen LogP contribution >= 0.6 is 31.9 Å². The van der Waals surface area contributed by atoms with Crippen molar-refractivity contribution in [2.45, 2.75) is 25.3 Å². The van der Waals surface area contributed by atoms with Crippen molar-refractivity contribution < 1.29 is 9.53 Å². The van der Waals surface area contributed by atoms with Crippen molar-refractivity contribution in [1.29, 1.82) is 0 Å². The van der Waals surface area contributed by atoms with Crippen molar-refractivity contribution >= 4 is 37.8 Å². The minimum absolute atomic E-state index is 0.138. The van der Waals surface area contributed by atoms with E-state index in [-0.39, 0.29) is 5.91 Å². The zero-order chi connectivity index (χ0) is 14.1. The minimum atomic E-state index is 0.138. The smallest absolute Gasteiger partial charge is 0.255 e. The summed E-state index contributed by atoms with van der Waals surface area (Å²) in [5.41, 5.74) is 0.749. The second kappa shape index (κ2) is 6.16. The van der Waals surface area contributed by atoms with Crippen LogP contribution < -0.4 is 0 Å². The number of nitrogens with zero attached hydrogens (tertiary/aromatic N) is 1. The molecule has 108 valence electrons. The Morgan fingerprint density at radius 2 is 2.10 bits per heavy atom. The van der Waals surface area contributed by atoms with E-state index in [1.54, 1.807) is 0 Å². The first-order valence-corrected chi connectivity index (χ1v) is 8.57. The summed E-state index contributed by atoms with van der Waals surface area (Å²) in [4.78, 5) is 14.8. The molecule has 0 bridgehead atoms. The van der Waals surface area contributed by atoms with Crippen LogP contribution in [0.2, 0.25) is 0 Å². The fourth-order valence-electron chi connectivity index (χ4n) is 2.61. The molecule has 1 amide bonds. The Morgan fingerprint density at radius 3 is 2.70 bits per heavy atom. The molecule has 1 saturated carbocycles. The number of hydrogen-bond acceptors (Lipinski definition) is 2. The summed E-state index contributed by atoms with van der Waals surface area (Å²) in [7, 11) is 0. The second-order valence-electron chi connectivity index (χ2n) is 5.54. The molecule has 0 radical (unpaired) electrons. The summed E-state index contributed by atoms with van der Waals surface area (Å²) >= 11 is 6.92. The van der Waals surface area contributed by atoms with Crippen molar-refractivity contribution in [3.8, 4) is 0 Å². The molecular weight excluding hydrogens is 386 g/mol. The van der Waals surface area contributed by atoms with Crippen LogP contribution in [0, 0.1) is 5.92 Å². The van der Waals surface area contributed by atoms with Gasteiger partial charge in [-0.2, -0.15) is 0 Å². The van der Waals surface area contributed by atoms with E-state index < -0.39 is 0 Å². The summed E-state index contributed by atoms with van der Waals surface area (Å²) in [6.45, 7) is 2.45. The third kappa shape index (κ3) is 3.26. The number of halogens is 2. The lowest BCUT2D eigenvalue weighted by atomic mass is 10.1. The summed E-state index contributed by atoms with van der Waals surface area (Å²) in [6.07, 6.45) is 3.33. The van der Waals surface area contributed by atoms with Crippen molar-refractivity contribution in [2.75, 3.05) is 19.8 Å². The maximum Gasteiger partial charge on any atom is 0.255 e. The number of benzene rings is 1. The predicted molar refractivity (Wildman–Crippen MR) is 84.8 cm³/mol. The zero-order valence-electron chi connectivity index (χ0n) is 11.1. The summed E-state index contributed by atoms with van der Waals surface area (Å²) < 4.78 is 7.26. The summed E-state index contributed by atoms with van der Waals surface area (Å²) in [5.74, 6) is 0.632. The number of ether oxygens (including phenoxy) is 1. The molecule has 1 atom stereocenters. The van der Waals surface area contributed by atoms with Crippen LogP contribution in [0.3, 0.4) is 0 Å². The quantitative estimate of drug-likeness (QED) is 0.765. The average Bonchev–Trinajstić information content (AvgIpc) is 3.12. The molecular formula is C15H17Br2NO2. The van der Waals surface area contributed by atoms with Crippen molar-refractivity contribution in [2.24, 2.45) is 5.92 Å². The van der Waals surface area contributed by atoms with E-state index in [1.165, 1.54) is 0 Å². The first-order chi connectivity index (χ1) is 9.65. The van der Waals surface area contributed by atoms with Gasteiger partial charge >= 0.3 is 0 Å². The second-order valence-corrected chi connectivity index (χ2v) is 7.31. The van der Waals surface area contributed by atoms with E-state index in [1.807, 2.05) is 23.1 Å². The maximum absolute atomic E-state index is 12.8.